The number of nitrogens with zero attached hydrogens (tertiary/aromatic N) is 3. The van der Waals surface area contributed by atoms with Crippen LogP contribution in [0.5, 0.6) is 5.75 Å². The molecule has 0 atom stereocenters. The van der Waals surface area contributed by atoms with Gasteiger partial charge in [0, 0.05) is 6.04 Å². The quantitative estimate of drug-likeness (QED) is 0.761. The summed E-state index contributed by atoms with van der Waals surface area (Å²) in [6.07, 6.45) is 4.91. The van der Waals surface area contributed by atoms with Gasteiger partial charge in [-0.3, -0.25) is 4.90 Å². The highest BCUT2D eigenvalue weighted by atomic mass is 19.3. The second kappa shape index (κ2) is 7.70. The summed E-state index contributed by atoms with van der Waals surface area (Å²) < 4.78 is 34.9. The predicted molar refractivity (Wildman–Crippen MR) is 84.7 cm³/mol. The fourth-order valence-corrected chi connectivity index (χ4v) is 3.22. The van der Waals surface area contributed by atoms with Crippen LogP contribution < -0.4 is 4.74 Å². The highest BCUT2D eigenvalue weighted by molar-refractivity contribution is 5.63. The maximum Gasteiger partial charge on any atom is 0.387 e. The van der Waals surface area contributed by atoms with Crippen molar-refractivity contribution in [2.45, 2.75) is 51.8 Å². The molecule has 0 spiro atoms. The molecule has 0 amide bonds. The smallest absolute Gasteiger partial charge is 0.387 e. The molecule has 1 aromatic heterocycles. The molecule has 0 aliphatic heterocycles. The van der Waals surface area contributed by atoms with Crippen LogP contribution >= 0.6 is 0 Å². The lowest BCUT2D eigenvalue weighted by molar-refractivity contribution is -0.0494. The van der Waals surface area contributed by atoms with Crippen LogP contribution in [0.15, 0.2) is 28.8 Å². The zero-order valence-electron chi connectivity index (χ0n) is 13.6. The number of halogens is 2. The van der Waals surface area contributed by atoms with E-state index in [0.717, 1.165) is 6.54 Å². The van der Waals surface area contributed by atoms with Gasteiger partial charge < -0.3 is 9.26 Å². The molecule has 0 unspecified atom stereocenters. The van der Waals surface area contributed by atoms with E-state index in [-0.39, 0.29) is 11.6 Å². The van der Waals surface area contributed by atoms with Crippen LogP contribution in [-0.4, -0.2) is 34.2 Å². The molecule has 130 valence electrons. The zero-order valence-corrected chi connectivity index (χ0v) is 13.6. The van der Waals surface area contributed by atoms with Crippen molar-refractivity contribution in [2.24, 2.45) is 0 Å². The van der Waals surface area contributed by atoms with E-state index in [1.165, 1.54) is 31.7 Å². The number of para-hydroxylation sites is 1. The number of rotatable bonds is 7. The molecule has 24 heavy (non-hydrogen) atoms. The van der Waals surface area contributed by atoms with Gasteiger partial charge in [0.05, 0.1) is 12.1 Å². The van der Waals surface area contributed by atoms with E-state index in [4.69, 9.17) is 4.52 Å². The maximum atomic E-state index is 12.5. The largest absolute Gasteiger partial charge is 0.434 e. The summed E-state index contributed by atoms with van der Waals surface area (Å²) in [4.78, 5) is 6.69. The molecule has 7 heteroatoms. The summed E-state index contributed by atoms with van der Waals surface area (Å²) in [7, 11) is 0. The van der Waals surface area contributed by atoms with Crippen molar-refractivity contribution in [3.63, 3.8) is 0 Å². The Bertz CT molecular complexity index is 657. The summed E-state index contributed by atoms with van der Waals surface area (Å²) in [6.45, 7) is 0.705. The molecule has 1 heterocycles. The summed E-state index contributed by atoms with van der Waals surface area (Å²) in [5.41, 5.74) is 0.400. The molecular formula is C17H21F2N3O2. The van der Waals surface area contributed by atoms with Crippen molar-refractivity contribution in [3.05, 3.63) is 30.2 Å². The van der Waals surface area contributed by atoms with E-state index in [1.807, 2.05) is 0 Å². The van der Waals surface area contributed by atoms with Crippen LogP contribution in [-0.2, 0) is 6.54 Å². The predicted octanol–water partition coefficient (Wildman–Crippen LogP) is 4.10. The van der Waals surface area contributed by atoms with Gasteiger partial charge in [0.25, 0.3) is 0 Å². The fraction of sp³-hybridized carbons (Fsp3) is 0.529. The first-order chi connectivity index (χ1) is 11.7. The van der Waals surface area contributed by atoms with E-state index in [2.05, 4.69) is 26.7 Å². The fourth-order valence-electron chi connectivity index (χ4n) is 3.22. The first kappa shape index (κ1) is 16.8. The van der Waals surface area contributed by atoms with Crippen LogP contribution in [0.25, 0.3) is 11.4 Å². The molecule has 0 bridgehead atoms. The van der Waals surface area contributed by atoms with Gasteiger partial charge in [-0.15, -0.1) is 0 Å². The third-order valence-corrected chi connectivity index (χ3v) is 4.40. The molecule has 1 aliphatic carbocycles. The van der Waals surface area contributed by atoms with Gasteiger partial charge >= 0.3 is 6.61 Å². The average Bonchev–Trinajstić information content (AvgIpc) is 3.24. The first-order valence-electron chi connectivity index (χ1n) is 8.28. The van der Waals surface area contributed by atoms with E-state index >= 15 is 0 Å². The number of hydrogen-bond donors (Lipinski definition) is 0. The summed E-state index contributed by atoms with van der Waals surface area (Å²) >= 11 is 0. The van der Waals surface area contributed by atoms with Crippen molar-refractivity contribution in [2.75, 3.05) is 6.54 Å². The molecule has 0 saturated heterocycles. The lowest BCUT2D eigenvalue weighted by atomic mass is 10.2. The maximum absolute atomic E-state index is 12.5. The number of ether oxygens (including phenoxy) is 1. The van der Waals surface area contributed by atoms with Crippen LogP contribution in [0.4, 0.5) is 8.78 Å². The monoisotopic (exact) mass is 337 g/mol. The lowest BCUT2D eigenvalue weighted by Gasteiger charge is -2.25. The van der Waals surface area contributed by atoms with Crippen LogP contribution in [0.3, 0.4) is 0 Å². The molecule has 5 nitrogen and oxygen atoms in total. The molecule has 1 aliphatic rings. The number of hydrogen-bond acceptors (Lipinski definition) is 5. The highest BCUT2D eigenvalue weighted by Crippen LogP contribution is 2.29. The van der Waals surface area contributed by atoms with Crippen LogP contribution in [0, 0.1) is 0 Å². The molecule has 2 aromatic rings. The zero-order chi connectivity index (χ0) is 16.9. The Morgan fingerprint density at radius 2 is 2.04 bits per heavy atom. The average molecular weight is 337 g/mol. The summed E-state index contributed by atoms with van der Waals surface area (Å²) in [5, 5.41) is 3.93. The third kappa shape index (κ3) is 3.90. The first-order valence-corrected chi connectivity index (χ1v) is 8.28. The van der Waals surface area contributed by atoms with Crippen LogP contribution in [0.1, 0.15) is 38.5 Å². The van der Waals surface area contributed by atoms with E-state index in [9.17, 15) is 8.78 Å². The molecule has 0 radical (unpaired) electrons. The van der Waals surface area contributed by atoms with Crippen molar-refractivity contribution in [3.8, 4) is 17.1 Å². The van der Waals surface area contributed by atoms with Gasteiger partial charge in [-0.05, 0) is 31.5 Å². The molecular weight excluding hydrogens is 316 g/mol. The van der Waals surface area contributed by atoms with Crippen molar-refractivity contribution >= 4 is 0 Å². The van der Waals surface area contributed by atoms with E-state index < -0.39 is 6.61 Å². The topological polar surface area (TPSA) is 51.4 Å². The van der Waals surface area contributed by atoms with Gasteiger partial charge in [0.15, 0.2) is 0 Å². The Morgan fingerprint density at radius 1 is 1.29 bits per heavy atom. The highest BCUT2D eigenvalue weighted by Gasteiger charge is 2.23. The van der Waals surface area contributed by atoms with Crippen molar-refractivity contribution in [1.29, 1.82) is 0 Å². The van der Waals surface area contributed by atoms with E-state index in [0.29, 0.717) is 24.0 Å². The Kier molecular flexibility index (Phi) is 5.40. The van der Waals surface area contributed by atoms with Gasteiger partial charge in [-0.25, -0.2) is 0 Å². The molecule has 1 fully saturated rings. The van der Waals surface area contributed by atoms with Gasteiger partial charge in [-0.2, -0.15) is 13.8 Å². The van der Waals surface area contributed by atoms with Gasteiger partial charge in [0.1, 0.15) is 5.75 Å². The lowest BCUT2D eigenvalue weighted by Crippen LogP contribution is -2.32. The second-order valence-corrected chi connectivity index (χ2v) is 5.89. The molecule has 3 rings (SSSR count). The van der Waals surface area contributed by atoms with Gasteiger partial charge in [0.2, 0.25) is 11.7 Å². The normalized spacial score (nSPS) is 15.5. The van der Waals surface area contributed by atoms with Crippen LogP contribution in [0.2, 0.25) is 0 Å². The summed E-state index contributed by atoms with van der Waals surface area (Å²) in [5.74, 6) is 0.803. The molecule has 1 aromatic carbocycles. The minimum atomic E-state index is -2.89. The number of benzene rings is 1. The standard InChI is InChI=1S/C17H21F2N3O2/c1-2-22(12-7-3-4-8-12)11-15-20-16(21-24-15)13-9-5-6-10-14(13)23-17(18)19/h5-6,9-10,12,17H,2-4,7-8,11H2,1H3. The molecule has 0 N–H and O–H groups in total. The SMILES string of the molecule is CCN(Cc1nc(-c2ccccc2OC(F)F)no1)C1CCCC1. The minimum Gasteiger partial charge on any atom is -0.434 e. The van der Waals surface area contributed by atoms with E-state index in [1.54, 1.807) is 18.2 Å². The number of aromatic nitrogens is 2. The Hall–Kier alpha value is -2.02. The Morgan fingerprint density at radius 3 is 2.75 bits per heavy atom. The Labute approximate surface area is 139 Å². The summed E-state index contributed by atoms with van der Waals surface area (Å²) in [6, 6.07) is 7.01. The third-order valence-electron chi connectivity index (χ3n) is 4.40. The second-order valence-electron chi connectivity index (χ2n) is 5.89. The van der Waals surface area contributed by atoms with Crippen molar-refractivity contribution in [1.82, 2.24) is 15.0 Å². The minimum absolute atomic E-state index is 0.0444. The Balaban J connectivity index is 1.75. The number of alkyl halides is 2. The van der Waals surface area contributed by atoms with Gasteiger partial charge in [-0.1, -0.05) is 37.1 Å². The molecule has 1 saturated carbocycles. The van der Waals surface area contributed by atoms with Crippen molar-refractivity contribution < 1.29 is 18.0 Å².